The Morgan fingerprint density at radius 3 is 2.62 bits per heavy atom. The van der Waals surface area contributed by atoms with Gasteiger partial charge in [-0.15, -0.1) is 0 Å². The number of anilines is 1. The Labute approximate surface area is 249 Å². The normalized spacial score (nSPS) is 26.6. The summed E-state index contributed by atoms with van der Waals surface area (Å²) in [5.74, 6) is -0.424. The Hall–Kier alpha value is -2.63. The molecule has 0 spiro atoms. The number of fused-ring (bicyclic) bond motifs is 3. The van der Waals surface area contributed by atoms with Crippen molar-refractivity contribution < 1.29 is 19.3 Å². The van der Waals surface area contributed by atoms with Crippen LogP contribution in [0.2, 0.25) is 5.02 Å². The molecule has 3 aromatic rings. The first-order chi connectivity index (χ1) is 20.1. The molecule has 4 atom stereocenters. The van der Waals surface area contributed by atoms with E-state index in [2.05, 4.69) is 38.6 Å². The highest BCUT2D eigenvalue weighted by Gasteiger charge is 2.38. The fourth-order valence-corrected chi connectivity index (χ4v) is 7.45. The summed E-state index contributed by atoms with van der Waals surface area (Å²) < 4.78 is 22.7. The third-order valence-electron chi connectivity index (χ3n) is 9.23. The van der Waals surface area contributed by atoms with E-state index in [1.54, 1.807) is 12.1 Å². The molecule has 3 fully saturated rings. The molecule has 0 radical (unpaired) electrons. The van der Waals surface area contributed by atoms with E-state index in [4.69, 9.17) is 16.3 Å². The van der Waals surface area contributed by atoms with E-state index in [1.165, 1.54) is 0 Å². The summed E-state index contributed by atoms with van der Waals surface area (Å²) in [6.07, 6.45) is 5.40. The minimum absolute atomic E-state index is 0.00850. The van der Waals surface area contributed by atoms with Crippen LogP contribution in [0.15, 0.2) is 23.1 Å². The van der Waals surface area contributed by atoms with Crippen LogP contribution < -0.4 is 10.7 Å². The van der Waals surface area contributed by atoms with Crippen molar-refractivity contribution in [3.63, 3.8) is 0 Å². The molecule has 2 aromatic heterocycles. The van der Waals surface area contributed by atoms with Gasteiger partial charge in [0, 0.05) is 48.1 Å². The molecule has 3 N–H and O–H groups in total. The molecule has 1 aromatic carbocycles. The van der Waals surface area contributed by atoms with Crippen molar-refractivity contribution >= 4 is 28.5 Å². The number of piperidine rings is 2. The SMILES string of the molecule is Cc1c(CN2C3CCCC2CC(O)C3)n(C(C)C)c2cc(-c3nc(N[C@@H]4CCOC[C@H]4O)ncc3F)cc(Cl)c2c1=O. The Kier molecular flexibility index (Phi) is 8.28. The molecule has 3 aliphatic rings. The Balaban J connectivity index is 1.45. The number of benzene rings is 1. The highest BCUT2D eigenvalue weighted by molar-refractivity contribution is 6.35. The number of rotatable bonds is 6. The van der Waals surface area contributed by atoms with Crippen LogP contribution in [0.1, 0.15) is 69.7 Å². The molecule has 5 heterocycles. The third kappa shape index (κ3) is 5.43. The van der Waals surface area contributed by atoms with Crippen molar-refractivity contribution in [1.29, 1.82) is 0 Å². The van der Waals surface area contributed by atoms with Crippen molar-refractivity contribution in [2.45, 2.75) is 102 Å². The van der Waals surface area contributed by atoms with Gasteiger partial charge in [-0.1, -0.05) is 18.0 Å². The second-order valence-electron chi connectivity index (χ2n) is 12.3. The maximum Gasteiger partial charge on any atom is 0.223 e. The molecule has 2 unspecified atom stereocenters. The minimum atomic E-state index is -0.726. The number of nitrogens with zero attached hydrogens (tertiary/aromatic N) is 4. The summed E-state index contributed by atoms with van der Waals surface area (Å²) in [5, 5.41) is 24.5. The Bertz CT molecular complexity index is 1530. The predicted octanol–water partition coefficient (Wildman–Crippen LogP) is 4.58. The van der Waals surface area contributed by atoms with Crippen molar-refractivity contribution in [3.8, 4) is 11.3 Å². The van der Waals surface area contributed by atoms with Crippen LogP contribution in [-0.4, -0.2) is 73.2 Å². The van der Waals surface area contributed by atoms with Crippen molar-refractivity contribution in [2.24, 2.45) is 0 Å². The summed E-state index contributed by atoms with van der Waals surface area (Å²) in [4.78, 5) is 24.8. The number of hydrogen-bond donors (Lipinski definition) is 3. The highest BCUT2D eigenvalue weighted by atomic mass is 35.5. The van der Waals surface area contributed by atoms with Crippen LogP contribution in [0, 0.1) is 12.7 Å². The summed E-state index contributed by atoms with van der Waals surface area (Å²) >= 11 is 6.79. The van der Waals surface area contributed by atoms with Crippen LogP contribution in [0.4, 0.5) is 10.3 Å². The summed E-state index contributed by atoms with van der Waals surface area (Å²) in [5.41, 5.74) is 2.57. The second kappa shape index (κ2) is 11.8. The lowest BCUT2D eigenvalue weighted by atomic mass is 9.82. The van der Waals surface area contributed by atoms with E-state index in [0.717, 1.165) is 44.0 Å². The fourth-order valence-electron chi connectivity index (χ4n) is 7.15. The summed E-state index contributed by atoms with van der Waals surface area (Å²) in [7, 11) is 0. The van der Waals surface area contributed by atoms with Gasteiger partial charge < -0.3 is 24.8 Å². The zero-order chi connectivity index (χ0) is 29.7. The number of aliphatic hydroxyl groups is 2. The van der Waals surface area contributed by atoms with Crippen LogP contribution in [0.25, 0.3) is 22.2 Å². The molecule has 3 saturated heterocycles. The molecule has 0 aliphatic carbocycles. The molecular weight excluding hydrogens is 561 g/mol. The molecule has 42 heavy (non-hydrogen) atoms. The van der Waals surface area contributed by atoms with Gasteiger partial charge in [-0.05, 0) is 65.0 Å². The Morgan fingerprint density at radius 2 is 1.93 bits per heavy atom. The number of aliphatic hydroxyl groups excluding tert-OH is 2. The summed E-state index contributed by atoms with van der Waals surface area (Å²) in [6.45, 7) is 7.31. The molecule has 2 bridgehead atoms. The number of hydrogen-bond acceptors (Lipinski definition) is 8. The van der Waals surface area contributed by atoms with Gasteiger partial charge in [-0.25, -0.2) is 14.4 Å². The molecule has 226 valence electrons. The molecule has 11 heteroatoms. The van der Waals surface area contributed by atoms with Crippen molar-refractivity contribution in [1.82, 2.24) is 19.4 Å². The number of aromatic nitrogens is 3. The first kappa shape index (κ1) is 29.4. The highest BCUT2D eigenvalue weighted by Crippen LogP contribution is 2.37. The van der Waals surface area contributed by atoms with E-state index in [1.807, 2.05) is 6.92 Å². The molecule has 9 nitrogen and oxygen atoms in total. The molecule has 6 rings (SSSR count). The molecule has 0 saturated carbocycles. The number of nitrogens with one attached hydrogen (secondary N) is 1. The van der Waals surface area contributed by atoms with Gasteiger partial charge in [0.05, 0.1) is 47.0 Å². The number of halogens is 2. The number of ether oxygens (including phenoxy) is 1. The van der Waals surface area contributed by atoms with E-state index in [0.29, 0.717) is 41.6 Å². The molecular formula is C31H39ClFN5O4. The molecule has 3 aliphatic heterocycles. The molecule has 0 amide bonds. The standard InChI is InChI=1S/C31H39ClFN5O4/c1-16(2)38-25-10-18(29-23(33)13-34-31(36-29)35-24-7-8-42-15-27(24)40)9-22(32)28(25)30(41)17(3)26(38)14-37-19-5-4-6-20(37)12-21(39)11-19/h9-10,13,16,19-21,24,27,39-40H,4-8,11-12,14-15H2,1-3H3,(H,34,35,36)/t19?,20?,21?,24-,27-/m1/s1. The van der Waals surface area contributed by atoms with Crippen molar-refractivity contribution in [2.75, 3.05) is 18.5 Å². The van der Waals surface area contributed by atoms with E-state index >= 15 is 4.39 Å². The maximum atomic E-state index is 15.2. The lowest BCUT2D eigenvalue weighted by Gasteiger charge is -2.48. The summed E-state index contributed by atoms with van der Waals surface area (Å²) in [6, 6.07) is 3.62. The largest absolute Gasteiger partial charge is 0.393 e. The smallest absolute Gasteiger partial charge is 0.223 e. The quantitative estimate of drug-likeness (QED) is 0.377. The van der Waals surface area contributed by atoms with Crippen LogP contribution in [-0.2, 0) is 11.3 Å². The van der Waals surface area contributed by atoms with Gasteiger partial charge in [0.1, 0.15) is 5.69 Å². The zero-order valence-corrected chi connectivity index (χ0v) is 25.1. The topological polar surface area (TPSA) is 113 Å². The minimum Gasteiger partial charge on any atom is -0.393 e. The van der Waals surface area contributed by atoms with Crippen molar-refractivity contribution in [3.05, 3.63) is 50.7 Å². The van der Waals surface area contributed by atoms with Gasteiger partial charge >= 0.3 is 0 Å². The predicted molar refractivity (Wildman–Crippen MR) is 160 cm³/mol. The lowest BCUT2D eigenvalue weighted by molar-refractivity contribution is -0.0325. The first-order valence-corrected chi connectivity index (χ1v) is 15.4. The van der Waals surface area contributed by atoms with Gasteiger partial charge in [0.25, 0.3) is 0 Å². The fraction of sp³-hybridized carbons (Fsp3) is 0.581. The van der Waals surface area contributed by atoms with Gasteiger partial charge in [0.15, 0.2) is 11.2 Å². The van der Waals surface area contributed by atoms with E-state index < -0.39 is 11.9 Å². The van der Waals surface area contributed by atoms with E-state index in [9.17, 15) is 15.0 Å². The number of pyridine rings is 1. The van der Waals surface area contributed by atoms with Crippen LogP contribution in [0.5, 0.6) is 0 Å². The Morgan fingerprint density at radius 1 is 1.19 bits per heavy atom. The van der Waals surface area contributed by atoms with Gasteiger partial charge in [0.2, 0.25) is 5.95 Å². The second-order valence-corrected chi connectivity index (χ2v) is 12.7. The third-order valence-corrected chi connectivity index (χ3v) is 9.53. The van der Waals surface area contributed by atoms with Gasteiger partial charge in [-0.3, -0.25) is 9.69 Å². The van der Waals surface area contributed by atoms with E-state index in [-0.39, 0.29) is 59.0 Å². The average Bonchev–Trinajstić information content (AvgIpc) is 2.93. The maximum absolute atomic E-state index is 15.2. The van der Waals surface area contributed by atoms with Gasteiger partial charge in [-0.2, -0.15) is 0 Å². The zero-order valence-electron chi connectivity index (χ0n) is 24.3. The lowest BCUT2D eigenvalue weighted by Crippen LogP contribution is -2.53. The first-order valence-electron chi connectivity index (χ1n) is 15.0. The monoisotopic (exact) mass is 599 g/mol. The van der Waals surface area contributed by atoms with Crippen LogP contribution in [0.3, 0.4) is 0 Å². The van der Waals surface area contributed by atoms with Crippen LogP contribution >= 0.6 is 11.6 Å². The average molecular weight is 600 g/mol.